The van der Waals surface area contributed by atoms with Gasteiger partial charge in [0.1, 0.15) is 6.73 Å². The minimum Gasteiger partial charge on any atom is -0.440 e. The minimum atomic E-state index is -0.678. The summed E-state index contributed by atoms with van der Waals surface area (Å²) in [4.78, 5) is 54.6. The lowest BCUT2D eigenvalue weighted by molar-refractivity contribution is -0.144. The van der Waals surface area contributed by atoms with Crippen LogP contribution < -0.4 is 0 Å². The summed E-state index contributed by atoms with van der Waals surface area (Å²) in [6.45, 7) is 9.73. The second-order valence-electron chi connectivity index (χ2n) is 9.26. The highest BCUT2D eigenvalue weighted by atomic mass is 35.5. The smallest absolute Gasteiger partial charge is 0.334 e. The van der Waals surface area contributed by atoms with E-state index in [0.717, 1.165) is 0 Å². The second-order valence-corrected chi connectivity index (χ2v) is 10.1. The number of halogens is 2. The highest BCUT2D eigenvalue weighted by Crippen LogP contribution is 2.46. The molecule has 0 radical (unpaired) electrons. The Morgan fingerprint density at radius 1 is 0.750 bits per heavy atom. The molecule has 2 heterocycles. The average molecular weight is 581 g/mol. The normalized spacial score (nSPS) is 14.7. The second kappa shape index (κ2) is 12.0. The van der Waals surface area contributed by atoms with Gasteiger partial charge in [0.25, 0.3) is 11.8 Å². The Hall–Kier alpha value is -3.98. The number of ketones is 1. The summed E-state index contributed by atoms with van der Waals surface area (Å²) < 4.78 is 11.0. The lowest BCUT2D eigenvalue weighted by atomic mass is 10.0. The maximum absolute atomic E-state index is 14.0. The van der Waals surface area contributed by atoms with Gasteiger partial charge in [-0.25, -0.2) is 4.79 Å². The van der Waals surface area contributed by atoms with Crippen LogP contribution in [0.3, 0.4) is 0 Å². The number of Topliss-reactive ketones (excluding diaryl/α,β-unsaturated/α-hetero) is 1. The third kappa shape index (κ3) is 5.79. The van der Waals surface area contributed by atoms with Gasteiger partial charge in [0.2, 0.25) is 0 Å². The zero-order valence-electron chi connectivity index (χ0n) is 22.0. The van der Waals surface area contributed by atoms with Crippen LogP contribution in [-0.4, -0.2) is 53.4 Å². The molecule has 8 nitrogen and oxygen atoms in total. The van der Waals surface area contributed by atoms with E-state index in [-0.39, 0.29) is 48.0 Å². The van der Waals surface area contributed by atoms with Gasteiger partial charge in [0.05, 0.1) is 29.1 Å². The van der Waals surface area contributed by atoms with Crippen molar-refractivity contribution in [2.45, 2.75) is 20.3 Å². The molecule has 2 amide bonds. The van der Waals surface area contributed by atoms with E-state index in [2.05, 4.69) is 13.2 Å². The molecule has 40 heavy (non-hydrogen) atoms. The predicted molar refractivity (Wildman–Crippen MR) is 151 cm³/mol. The maximum atomic E-state index is 14.0. The van der Waals surface area contributed by atoms with Crippen LogP contribution in [0.2, 0.25) is 10.0 Å². The number of allylic oxidation sites excluding steroid dienone is 1. The largest absolute Gasteiger partial charge is 0.440 e. The quantitative estimate of drug-likeness (QED) is 0.201. The number of rotatable bonds is 11. The van der Waals surface area contributed by atoms with Crippen LogP contribution in [0.5, 0.6) is 0 Å². The number of amides is 2. The molecule has 206 valence electrons. The molecule has 2 aliphatic rings. The van der Waals surface area contributed by atoms with Gasteiger partial charge in [-0.05, 0) is 54.8 Å². The number of benzene rings is 2. The number of carbonyl (C=O) groups is 4. The maximum Gasteiger partial charge on any atom is 0.334 e. The number of hydrogen-bond acceptors (Lipinski definition) is 6. The molecule has 0 saturated carbocycles. The van der Waals surface area contributed by atoms with Crippen LogP contribution in [-0.2, 0) is 28.7 Å². The Labute approximate surface area is 241 Å². The van der Waals surface area contributed by atoms with Gasteiger partial charge < -0.3 is 9.47 Å². The van der Waals surface area contributed by atoms with Gasteiger partial charge in [-0.3, -0.25) is 24.2 Å². The van der Waals surface area contributed by atoms with Crippen LogP contribution in [0.15, 0.2) is 84.0 Å². The number of carbonyl (C=O) groups excluding carboxylic acids is 4. The highest BCUT2D eigenvalue weighted by Gasteiger charge is 2.49. The molecule has 2 aliphatic heterocycles. The first-order valence-corrected chi connectivity index (χ1v) is 13.0. The van der Waals surface area contributed by atoms with Gasteiger partial charge in [-0.1, -0.05) is 60.6 Å². The van der Waals surface area contributed by atoms with E-state index in [1.165, 1.54) is 16.7 Å². The molecule has 0 N–H and O–H groups in total. The van der Waals surface area contributed by atoms with Gasteiger partial charge in [0, 0.05) is 22.0 Å². The average Bonchev–Trinajstić information content (AvgIpc) is 3.36. The zero-order valence-corrected chi connectivity index (χ0v) is 23.5. The third-order valence-electron chi connectivity index (χ3n) is 6.26. The summed E-state index contributed by atoms with van der Waals surface area (Å²) in [5.41, 5.74) is 2.49. The highest BCUT2D eigenvalue weighted by molar-refractivity contribution is 6.32. The molecule has 2 aromatic carbocycles. The molecule has 10 heteroatoms. The first-order chi connectivity index (χ1) is 19.0. The molecular formula is C30H26Cl2N2O6. The fourth-order valence-corrected chi connectivity index (χ4v) is 4.49. The van der Waals surface area contributed by atoms with Crippen molar-refractivity contribution in [2.75, 3.05) is 20.1 Å². The monoisotopic (exact) mass is 580 g/mol. The summed E-state index contributed by atoms with van der Waals surface area (Å²) in [7, 11) is 0. The fraction of sp³-hybridized carbons (Fsp3) is 0.200. The van der Waals surface area contributed by atoms with Crippen molar-refractivity contribution < 1.29 is 28.7 Å². The van der Waals surface area contributed by atoms with Crippen LogP contribution in [0.1, 0.15) is 31.4 Å². The Bertz CT molecular complexity index is 1490. The van der Waals surface area contributed by atoms with Crippen LogP contribution in [0, 0.1) is 0 Å². The van der Waals surface area contributed by atoms with E-state index < -0.39 is 24.5 Å². The molecule has 4 rings (SSSR count). The number of nitrogens with zero attached hydrogens (tertiary/aromatic N) is 2. The zero-order chi connectivity index (χ0) is 29.1. The van der Waals surface area contributed by atoms with E-state index in [4.69, 9.17) is 32.7 Å². The van der Waals surface area contributed by atoms with Crippen molar-refractivity contribution in [2.24, 2.45) is 0 Å². The van der Waals surface area contributed by atoms with E-state index >= 15 is 0 Å². The van der Waals surface area contributed by atoms with Gasteiger partial charge >= 0.3 is 5.97 Å². The van der Waals surface area contributed by atoms with Gasteiger partial charge in [-0.2, -0.15) is 0 Å². The molecule has 0 bridgehead atoms. The van der Waals surface area contributed by atoms with Crippen molar-refractivity contribution in [3.8, 4) is 0 Å². The van der Waals surface area contributed by atoms with Crippen LogP contribution >= 0.6 is 23.2 Å². The standard InChI is InChI=1S/C30H26Cl2N2O6/c1-17(2)23(35)13-14-39-15-33-26(19-5-9-21(31)10-6-19)24-25(28(33)36)27(20-7-11-22(32)12-8-20)34(29(24)37)16-40-30(38)18(3)4/h5-12H,1,3,13-16H2,2,4H3. The van der Waals surface area contributed by atoms with Crippen molar-refractivity contribution in [3.05, 3.63) is 105 Å². The van der Waals surface area contributed by atoms with Gasteiger partial charge in [-0.15, -0.1) is 0 Å². The molecule has 0 fully saturated rings. The van der Waals surface area contributed by atoms with Crippen molar-refractivity contribution in [1.82, 2.24) is 9.80 Å². The van der Waals surface area contributed by atoms with E-state index in [1.54, 1.807) is 55.5 Å². The molecule has 0 saturated heterocycles. The summed E-state index contributed by atoms with van der Waals surface area (Å²) in [5.74, 6) is -1.85. The van der Waals surface area contributed by atoms with Crippen molar-refractivity contribution in [1.29, 1.82) is 0 Å². The Morgan fingerprint density at radius 2 is 1.20 bits per heavy atom. The molecule has 0 unspecified atom stereocenters. The lowest BCUT2D eigenvalue weighted by Crippen LogP contribution is -2.33. The number of ether oxygens (including phenoxy) is 2. The van der Waals surface area contributed by atoms with E-state index in [0.29, 0.717) is 32.4 Å². The van der Waals surface area contributed by atoms with Crippen LogP contribution in [0.25, 0.3) is 11.4 Å². The Kier molecular flexibility index (Phi) is 8.73. The van der Waals surface area contributed by atoms with Crippen molar-refractivity contribution >= 4 is 58.2 Å². The molecule has 0 spiro atoms. The molecular weight excluding hydrogens is 555 g/mol. The summed E-state index contributed by atoms with van der Waals surface area (Å²) in [6.07, 6.45) is 0.101. The number of fused-ring (bicyclic) bond motifs is 1. The lowest BCUT2D eigenvalue weighted by Gasteiger charge is -2.25. The fourth-order valence-electron chi connectivity index (χ4n) is 4.24. The van der Waals surface area contributed by atoms with E-state index in [9.17, 15) is 19.2 Å². The molecule has 2 aromatic rings. The molecule has 0 aromatic heterocycles. The third-order valence-corrected chi connectivity index (χ3v) is 6.76. The first kappa shape index (κ1) is 29.0. The topological polar surface area (TPSA) is 93.2 Å². The molecule has 0 atom stereocenters. The molecule has 0 aliphatic carbocycles. The van der Waals surface area contributed by atoms with Gasteiger partial charge in [0.15, 0.2) is 12.5 Å². The number of esters is 1. The number of hydrogen-bond donors (Lipinski definition) is 0. The predicted octanol–water partition coefficient (Wildman–Crippen LogP) is 5.39. The van der Waals surface area contributed by atoms with Crippen LogP contribution in [0.4, 0.5) is 0 Å². The SMILES string of the molecule is C=C(C)C(=O)CCOCN1C(=O)C2=C(c3ccc(Cl)cc3)N(COC(=O)C(=C)C)C(=O)C2=C1c1ccc(Cl)cc1. The van der Waals surface area contributed by atoms with E-state index in [1.807, 2.05) is 0 Å². The summed E-state index contributed by atoms with van der Waals surface area (Å²) >= 11 is 12.2. The summed E-state index contributed by atoms with van der Waals surface area (Å²) in [5, 5.41) is 0.942. The first-order valence-electron chi connectivity index (χ1n) is 12.2. The Balaban J connectivity index is 1.81. The Morgan fingerprint density at radius 3 is 1.62 bits per heavy atom. The minimum absolute atomic E-state index is 0.0543. The summed E-state index contributed by atoms with van der Waals surface area (Å²) in [6, 6.07) is 13.3. The van der Waals surface area contributed by atoms with Crippen molar-refractivity contribution in [3.63, 3.8) is 0 Å².